The van der Waals surface area contributed by atoms with Crippen molar-refractivity contribution in [3.63, 3.8) is 0 Å². The first-order chi connectivity index (χ1) is 14.7. The second-order valence-electron chi connectivity index (χ2n) is 9.29. The van der Waals surface area contributed by atoms with Gasteiger partial charge >= 0.3 is 0 Å². The zero-order valence-electron chi connectivity index (χ0n) is 17.5. The fourth-order valence-corrected chi connectivity index (χ4v) is 5.14. The number of alkyl halides is 2. The molecule has 3 aliphatic heterocycles. The molecule has 0 spiro atoms. The summed E-state index contributed by atoms with van der Waals surface area (Å²) in [5, 5.41) is 8.15. The van der Waals surface area contributed by atoms with Crippen LogP contribution in [0.15, 0.2) is 0 Å². The molecule has 5 fully saturated rings. The van der Waals surface area contributed by atoms with Crippen LogP contribution in [0.25, 0.3) is 0 Å². The number of amides is 3. The summed E-state index contributed by atoms with van der Waals surface area (Å²) in [5.74, 6) is -0.984. The quantitative estimate of drug-likeness (QED) is 0.430. The molecule has 3 amide bonds. The molecular formula is C20H30ClFN4O5. The Balaban J connectivity index is 1.27. The lowest BCUT2D eigenvalue weighted by atomic mass is 9.70. The number of carbonyl (C=O) groups excluding carboxylic acids is 3. The lowest BCUT2D eigenvalue weighted by molar-refractivity contribution is -0.150. The van der Waals surface area contributed by atoms with Crippen LogP contribution in [-0.2, 0) is 24.0 Å². The van der Waals surface area contributed by atoms with Gasteiger partial charge in [0.15, 0.2) is 6.10 Å². The minimum absolute atomic E-state index is 0.0893. The highest BCUT2D eigenvalue weighted by atomic mass is 35.5. The molecule has 3 heterocycles. The predicted molar refractivity (Wildman–Crippen MR) is 109 cm³/mol. The van der Waals surface area contributed by atoms with Gasteiger partial charge in [0.1, 0.15) is 24.0 Å². The maximum atomic E-state index is 13.7. The van der Waals surface area contributed by atoms with Gasteiger partial charge in [0.05, 0.1) is 11.5 Å². The first-order valence-electron chi connectivity index (χ1n) is 11.0. The van der Waals surface area contributed by atoms with Crippen LogP contribution in [-0.4, -0.2) is 65.3 Å². The second kappa shape index (κ2) is 8.80. The summed E-state index contributed by atoms with van der Waals surface area (Å²) in [6.07, 6.45) is 1.60. The first-order valence-corrected chi connectivity index (χ1v) is 11.4. The zero-order chi connectivity index (χ0) is 22.2. The van der Waals surface area contributed by atoms with Gasteiger partial charge in [-0.3, -0.25) is 19.2 Å². The predicted octanol–water partition coefficient (Wildman–Crippen LogP) is 0.554. The van der Waals surface area contributed by atoms with E-state index in [0.29, 0.717) is 44.9 Å². The van der Waals surface area contributed by atoms with Gasteiger partial charge in [-0.15, -0.1) is 11.6 Å². The van der Waals surface area contributed by atoms with Crippen molar-refractivity contribution in [3.8, 4) is 0 Å². The molecule has 2 aliphatic carbocycles. The van der Waals surface area contributed by atoms with Crippen molar-refractivity contribution in [2.24, 2.45) is 0 Å². The second-order valence-corrected chi connectivity index (χ2v) is 9.86. The van der Waals surface area contributed by atoms with Crippen molar-refractivity contribution >= 4 is 29.3 Å². The van der Waals surface area contributed by atoms with E-state index < -0.39 is 34.8 Å². The molecule has 5 rings (SSSR count). The highest BCUT2D eigenvalue weighted by molar-refractivity contribution is 6.21. The van der Waals surface area contributed by atoms with Gasteiger partial charge in [-0.2, -0.15) is 5.48 Å². The molecule has 0 radical (unpaired) electrons. The van der Waals surface area contributed by atoms with Crippen LogP contribution < -0.4 is 21.4 Å². The van der Waals surface area contributed by atoms with Gasteiger partial charge in [0.2, 0.25) is 11.8 Å². The van der Waals surface area contributed by atoms with Crippen LogP contribution in [0.3, 0.4) is 0 Å². The normalized spacial score (nSPS) is 42.2. The number of rotatable bonds is 6. The van der Waals surface area contributed by atoms with Gasteiger partial charge in [-0.25, -0.2) is 4.39 Å². The van der Waals surface area contributed by atoms with Crippen molar-refractivity contribution < 1.29 is 28.3 Å². The number of hydroxylamine groups is 1. The Bertz CT molecular complexity index is 732. The summed E-state index contributed by atoms with van der Waals surface area (Å²) in [6, 6.07) is 0.0893. The van der Waals surface area contributed by atoms with Gasteiger partial charge < -0.3 is 20.7 Å². The van der Waals surface area contributed by atoms with Crippen molar-refractivity contribution in [1.82, 2.24) is 21.4 Å². The molecule has 31 heavy (non-hydrogen) atoms. The van der Waals surface area contributed by atoms with E-state index >= 15 is 0 Å². The standard InChI is InChI=1S/C20H30ClFN4O5/c1-11-8-15(31-26-11)17(28)24-20-6-4-19(5-7-20,18(29)25-20)23-16(27)10-30-12-2-3-13(21)14(22)9-12/h11-15,26H,2-10H2,1H3,(H,23,27)(H,24,28)(H,25,29). The molecule has 9 nitrogen and oxygen atoms in total. The number of halogens is 2. The average molecular weight is 461 g/mol. The molecule has 2 saturated carbocycles. The molecule has 2 bridgehead atoms. The molecule has 3 saturated heterocycles. The van der Waals surface area contributed by atoms with Crippen molar-refractivity contribution in [1.29, 1.82) is 0 Å². The van der Waals surface area contributed by atoms with Crippen LogP contribution in [0.5, 0.6) is 0 Å². The Morgan fingerprint density at radius 1 is 1.23 bits per heavy atom. The minimum atomic E-state index is -1.14. The molecule has 5 unspecified atom stereocenters. The molecule has 5 atom stereocenters. The van der Waals surface area contributed by atoms with E-state index in [1.165, 1.54) is 0 Å². The molecule has 5 aliphatic rings. The number of nitrogens with one attached hydrogen (secondary N) is 4. The number of hydrogen-bond acceptors (Lipinski definition) is 6. The molecule has 174 valence electrons. The molecule has 4 N–H and O–H groups in total. The molecule has 11 heteroatoms. The van der Waals surface area contributed by atoms with Crippen LogP contribution in [0.1, 0.15) is 58.3 Å². The van der Waals surface area contributed by atoms with Crippen LogP contribution in [0, 0.1) is 0 Å². The van der Waals surface area contributed by atoms with Crippen molar-refractivity contribution in [2.45, 2.75) is 99.3 Å². The Kier molecular flexibility index (Phi) is 6.44. The Morgan fingerprint density at radius 2 is 1.97 bits per heavy atom. The van der Waals surface area contributed by atoms with Crippen molar-refractivity contribution in [3.05, 3.63) is 0 Å². The smallest absolute Gasteiger partial charge is 0.253 e. The molecule has 0 aromatic rings. The lowest BCUT2D eigenvalue weighted by Gasteiger charge is -2.53. The zero-order valence-corrected chi connectivity index (χ0v) is 18.3. The minimum Gasteiger partial charge on any atom is -0.368 e. The summed E-state index contributed by atoms with van der Waals surface area (Å²) in [4.78, 5) is 43.1. The number of hydrogen-bond donors (Lipinski definition) is 4. The van der Waals surface area contributed by atoms with E-state index in [1.54, 1.807) is 0 Å². The SMILES string of the molecule is CC1CC(C(=O)NC23CCC(NC(=O)COC4CCC(Cl)C(F)C4)(CC2)C(=O)N3)ON1. The summed E-state index contributed by atoms with van der Waals surface area (Å²) in [5.41, 5.74) is 0.942. The van der Waals surface area contributed by atoms with E-state index in [4.69, 9.17) is 21.2 Å². The topological polar surface area (TPSA) is 118 Å². The number of fused-ring (bicyclic) bond motifs is 3. The average Bonchev–Trinajstić information content (AvgIpc) is 3.17. The maximum absolute atomic E-state index is 13.7. The number of ether oxygens (including phenoxy) is 1. The van der Waals surface area contributed by atoms with Gasteiger partial charge in [-0.05, 0) is 45.4 Å². The van der Waals surface area contributed by atoms with Crippen LogP contribution >= 0.6 is 11.6 Å². The fourth-order valence-electron chi connectivity index (χ4n) is 4.91. The molecule has 0 aromatic carbocycles. The number of piperidine rings is 2. The third kappa shape index (κ3) is 4.81. The van der Waals surface area contributed by atoms with Crippen molar-refractivity contribution in [2.75, 3.05) is 6.61 Å². The monoisotopic (exact) mass is 460 g/mol. The number of carbonyl (C=O) groups is 3. The van der Waals surface area contributed by atoms with E-state index in [2.05, 4.69) is 21.4 Å². The Labute approximate surface area is 185 Å². The maximum Gasteiger partial charge on any atom is 0.253 e. The van der Waals surface area contributed by atoms with E-state index in [9.17, 15) is 18.8 Å². The third-order valence-electron chi connectivity index (χ3n) is 6.85. The Hall–Kier alpha value is -1.49. The van der Waals surface area contributed by atoms with Crippen LogP contribution in [0.4, 0.5) is 4.39 Å². The van der Waals surface area contributed by atoms with Gasteiger partial charge in [0.25, 0.3) is 5.91 Å². The summed E-state index contributed by atoms with van der Waals surface area (Å²) in [6.45, 7) is 1.69. The third-order valence-corrected chi connectivity index (χ3v) is 7.34. The summed E-state index contributed by atoms with van der Waals surface area (Å²) in [7, 11) is 0. The largest absolute Gasteiger partial charge is 0.368 e. The fraction of sp³-hybridized carbons (Fsp3) is 0.850. The van der Waals surface area contributed by atoms with E-state index in [1.807, 2.05) is 6.92 Å². The highest BCUT2D eigenvalue weighted by Gasteiger charge is 2.56. The van der Waals surface area contributed by atoms with Gasteiger partial charge in [-0.1, -0.05) is 0 Å². The summed E-state index contributed by atoms with van der Waals surface area (Å²) >= 11 is 5.88. The van der Waals surface area contributed by atoms with Gasteiger partial charge in [0, 0.05) is 18.9 Å². The highest BCUT2D eigenvalue weighted by Crippen LogP contribution is 2.39. The Morgan fingerprint density at radius 3 is 2.58 bits per heavy atom. The molecule has 0 aromatic heterocycles. The first kappa shape index (κ1) is 22.7. The lowest BCUT2D eigenvalue weighted by Crippen LogP contribution is -2.77. The van der Waals surface area contributed by atoms with E-state index in [0.717, 1.165) is 0 Å². The van der Waals surface area contributed by atoms with Crippen LogP contribution in [0.2, 0.25) is 0 Å². The van der Waals surface area contributed by atoms with E-state index in [-0.39, 0.29) is 37.0 Å². The summed E-state index contributed by atoms with van der Waals surface area (Å²) < 4.78 is 19.3. The molecular weight excluding hydrogens is 431 g/mol.